The maximum Gasteiger partial charge on any atom is 0.191 e. The van der Waals surface area contributed by atoms with E-state index in [0.29, 0.717) is 12.1 Å². The van der Waals surface area contributed by atoms with Gasteiger partial charge in [-0.3, -0.25) is 9.89 Å². The number of hydrogen-bond acceptors (Lipinski definition) is 3. The van der Waals surface area contributed by atoms with Crippen molar-refractivity contribution in [1.29, 1.82) is 0 Å². The molecular weight excluding hydrogens is 401 g/mol. The number of hydrogen-bond donors (Lipinski definition) is 2. The molecule has 0 atom stereocenters. The fourth-order valence-corrected chi connectivity index (χ4v) is 2.71. The summed E-state index contributed by atoms with van der Waals surface area (Å²) in [6.07, 6.45) is 1.21. The van der Waals surface area contributed by atoms with Crippen molar-refractivity contribution in [3.05, 3.63) is 0 Å². The van der Waals surface area contributed by atoms with Gasteiger partial charge in [0.15, 0.2) is 5.96 Å². The minimum absolute atomic E-state index is 0. The molecule has 0 aromatic heterocycles. The van der Waals surface area contributed by atoms with Crippen molar-refractivity contribution in [2.45, 2.75) is 60.0 Å². The summed E-state index contributed by atoms with van der Waals surface area (Å²) in [6.45, 7) is 19.7. The molecule has 0 saturated heterocycles. The maximum atomic E-state index is 4.30. The van der Waals surface area contributed by atoms with Crippen LogP contribution >= 0.6 is 24.0 Å². The average molecular weight is 441 g/mol. The van der Waals surface area contributed by atoms with Crippen LogP contribution < -0.4 is 10.6 Å². The summed E-state index contributed by atoms with van der Waals surface area (Å²) in [7, 11) is 1.83. The molecular formula is C17H40IN5. The first-order valence-electron chi connectivity index (χ1n) is 8.88. The van der Waals surface area contributed by atoms with Crippen LogP contribution in [0, 0.1) is 0 Å². The highest BCUT2D eigenvalue weighted by Gasteiger charge is 2.12. The van der Waals surface area contributed by atoms with Gasteiger partial charge in [0.2, 0.25) is 0 Å². The Kier molecular flexibility index (Phi) is 16.9. The van der Waals surface area contributed by atoms with Crippen LogP contribution in [0.4, 0.5) is 0 Å². The molecule has 0 radical (unpaired) electrons. The highest BCUT2D eigenvalue weighted by molar-refractivity contribution is 14.0. The van der Waals surface area contributed by atoms with Crippen LogP contribution in [-0.2, 0) is 0 Å². The summed E-state index contributed by atoms with van der Waals surface area (Å²) < 4.78 is 0. The van der Waals surface area contributed by atoms with Crippen LogP contribution in [0.3, 0.4) is 0 Å². The SMILES string of the molecule is CCCN(CC)CCNC(=NC)NCCN(C(C)C)C(C)C.I. The second-order valence-electron chi connectivity index (χ2n) is 6.29. The molecule has 0 unspecified atom stereocenters. The van der Waals surface area contributed by atoms with Gasteiger partial charge in [0, 0.05) is 45.3 Å². The van der Waals surface area contributed by atoms with E-state index in [-0.39, 0.29) is 24.0 Å². The summed E-state index contributed by atoms with van der Waals surface area (Å²) in [6, 6.07) is 1.15. The van der Waals surface area contributed by atoms with E-state index in [1.54, 1.807) is 0 Å². The van der Waals surface area contributed by atoms with Gasteiger partial charge < -0.3 is 15.5 Å². The number of likely N-dealkylation sites (N-methyl/N-ethyl adjacent to an activating group) is 1. The first kappa shape index (κ1) is 25.2. The molecule has 0 aliphatic carbocycles. The summed E-state index contributed by atoms with van der Waals surface area (Å²) in [4.78, 5) is 9.24. The van der Waals surface area contributed by atoms with Gasteiger partial charge in [-0.25, -0.2) is 0 Å². The van der Waals surface area contributed by atoms with E-state index >= 15 is 0 Å². The molecule has 0 saturated carbocycles. The lowest BCUT2D eigenvalue weighted by atomic mass is 10.2. The van der Waals surface area contributed by atoms with E-state index < -0.39 is 0 Å². The molecule has 0 aromatic carbocycles. The molecule has 0 heterocycles. The number of nitrogens with one attached hydrogen (secondary N) is 2. The Labute approximate surface area is 161 Å². The van der Waals surface area contributed by atoms with Crippen LogP contribution in [-0.4, -0.2) is 74.2 Å². The molecule has 2 N–H and O–H groups in total. The lowest BCUT2D eigenvalue weighted by Gasteiger charge is -2.30. The van der Waals surface area contributed by atoms with Crippen LogP contribution in [0.5, 0.6) is 0 Å². The Morgan fingerprint density at radius 1 is 0.913 bits per heavy atom. The third kappa shape index (κ3) is 12.0. The molecule has 0 spiro atoms. The predicted octanol–water partition coefficient (Wildman–Crippen LogP) is 2.62. The number of aliphatic imine (C=N–C) groups is 1. The van der Waals surface area contributed by atoms with Crippen molar-refractivity contribution in [3.8, 4) is 0 Å². The average Bonchev–Trinajstić information content (AvgIpc) is 2.47. The van der Waals surface area contributed by atoms with Crippen molar-refractivity contribution >= 4 is 29.9 Å². The van der Waals surface area contributed by atoms with Gasteiger partial charge >= 0.3 is 0 Å². The zero-order chi connectivity index (χ0) is 17.0. The molecule has 23 heavy (non-hydrogen) atoms. The zero-order valence-corrected chi connectivity index (χ0v) is 18.7. The Hall–Kier alpha value is -0.0800. The Balaban J connectivity index is 0. The highest BCUT2D eigenvalue weighted by atomic mass is 127. The second-order valence-corrected chi connectivity index (χ2v) is 6.29. The lowest BCUT2D eigenvalue weighted by Crippen LogP contribution is -2.46. The van der Waals surface area contributed by atoms with Crippen LogP contribution in [0.2, 0.25) is 0 Å². The number of nitrogens with zero attached hydrogens (tertiary/aromatic N) is 3. The highest BCUT2D eigenvalue weighted by Crippen LogP contribution is 2.03. The topological polar surface area (TPSA) is 42.9 Å². The van der Waals surface area contributed by atoms with Crippen molar-refractivity contribution in [1.82, 2.24) is 20.4 Å². The van der Waals surface area contributed by atoms with Crippen molar-refractivity contribution < 1.29 is 0 Å². The lowest BCUT2D eigenvalue weighted by molar-refractivity contribution is 0.178. The van der Waals surface area contributed by atoms with Crippen molar-refractivity contribution in [2.75, 3.05) is 46.3 Å². The predicted molar refractivity (Wildman–Crippen MR) is 114 cm³/mol. The van der Waals surface area contributed by atoms with Crippen molar-refractivity contribution in [3.63, 3.8) is 0 Å². The van der Waals surface area contributed by atoms with E-state index in [2.05, 4.69) is 67.0 Å². The monoisotopic (exact) mass is 441 g/mol. The number of halogens is 1. The zero-order valence-electron chi connectivity index (χ0n) is 16.4. The van der Waals surface area contributed by atoms with E-state index in [0.717, 1.165) is 38.7 Å². The first-order valence-corrected chi connectivity index (χ1v) is 8.88. The number of rotatable bonds is 11. The van der Waals surface area contributed by atoms with E-state index in [9.17, 15) is 0 Å². The summed E-state index contributed by atoms with van der Waals surface area (Å²) in [5.41, 5.74) is 0. The smallest absolute Gasteiger partial charge is 0.191 e. The molecule has 0 bridgehead atoms. The minimum atomic E-state index is 0. The van der Waals surface area contributed by atoms with E-state index in [4.69, 9.17) is 0 Å². The fourth-order valence-electron chi connectivity index (χ4n) is 2.71. The Morgan fingerprint density at radius 3 is 1.83 bits per heavy atom. The third-order valence-electron chi connectivity index (χ3n) is 3.92. The Bertz CT molecular complexity index is 287. The summed E-state index contributed by atoms with van der Waals surface area (Å²) in [5.74, 6) is 0.903. The third-order valence-corrected chi connectivity index (χ3v) is 3.92. The molecule has 0 aliphatic heterocycles. The molecule has 0 amide bonds. The van der Waals surface area contributed by atoms with Crippen LogP contribution in [0.1, 0.15) is 48.0 Å². The Morgan fingerprint density at radius 2 is 1.43 bits per heavy atom. The summed E-state index contributed by atoms with van der Waals surface area (Å²) >= 11 is 0. The standard InChI is InChI=1S/C17H39N5.HI/c1-8-12-21(9-2)13-10-19-17(18-7)20-11-14-22(15(3)4)16(5)6;/h15-16H,8-14H2,1-7H3,(H2,18,19,20);1H. The van der Waals surface area contributed by atoms with Gasteiger partial charge in [-0.05, 0) is 47.2 Å². The van der Waals surface area contributed by atoms with E-state index in [1.807, 2.05) is 7.05 Å². The minimum Gasteiger partial charge on any atom is -0.355 e. The second kappa shape index (κ2) is 15.4. The fraction of sp³-hybridized carbons (Fsp3) is 0.941. The van der Waals surface area contributed by atoms with Gasteiger partial charge in [0.1, 0.15) is 0 Å². The molecule has 0 aliphatic rings. The summed E-state index contributed by atoms with van der Waals surface area (Å²) in [5, 5.41) is 6.82. The van der Waals surface area contributed by atoms with Crippen LogP contribution in [0.25, 0.3) is 0 Å². The largest absolute Gasteiger partial charge is 0.355 e. The normalized spacial score (nSPS) is 12.2. The molecule has 6 heteroatoms. The number of guanidine groups is 1. The van der Waals surface area contributed by atoms with Gasteiger partial charge in [-0.1, -0.05) is 13.8 Å². The van der Waals surface area contributed by atoms with Gasteiger partial charge in [-0.15, -0.1) is 24.0 Å². The van der Waals surface area contributed by atoms with Gasteiger partial charge in [0.25, 0.3) is 0 Å². The molecule has 140 valence electrons. The quantitative estimate of drug-likeness (QED) is 0.294. The van der Waals surface area contributed by atoms with Crippen LogP contribution in [0.15, 0.2) is 4.99 Å². The molecule has 0 fully saturated rings. The molecule has 0 rings (SSSR count). The van der Waals surface area contributed by atoms with E-state index in [1.165, 1.54) is 13.0 Å². The van der Waals surface area contributed by atoms with Gasteiger partial charge in [0.05, 0.1) is 0 Å². The first-order chi connectivity index (χ1) is 10.5. The molecule has 5 nitrogen and oxygen atoms in total. The van der Waals surface area contributed by atoms with Crippen molar-refractivity contribution in [2.24, 2.45) is 4.99 Å². The maximum absolute atomic E-state index is 4.30. The van der Waals surface area contributed by atoms with Gasteiger partial charge in [-0.2, -0.15) is 0 Å². The molecule has 0 aromatic rings.